The molecule has 1 aromatic carbocycles. The average Bonchev–Trinajstić information content (AvgIpc) is 1.73. The summed E-state index contributed by atoms with van der Waals surface area (Å²) in [7, 11) is 0. The molecule has 0 saturated heterocycles. The van der Waals surface area contributed by atoms with Gasteiger partial charge in [-0.05, 0) is 177 Å². The Hall–Kier alpha value is -7.45. The first-order valence-corrected chi connectivity index (χ1v) is 37.1. The van der Waals surface area contributed by atoms with Gasteiger partial charge in [0.2, 0.25) is 65.0 Å². The Balaban J connectivity index is 2.50. The van der Waals surface area contributed by atoms with Crippen LogP contribution in [0.15, 0.2) is 30.5 Å². The molecule has 30 nitrogen and oxygen atoms in total. The van der Waals surface area contributed by atoms with Gasteiger partial charge in [-0.25, -0.2) is 4.79 Å². The Kier molecular flexibility index (Phi) is 41.7. The summed E-state index contributed by atoms with van der Waals surface area (Å²) in [6.07, 6.45) is 5.08. The molecule has 13 atom stereocenters. The van der Waals surface area contributed by atoms with Gasteiger partial charge in [0, 0.05) is 23.5 Å². The van der Waals surface area contributed by atoms with Crippen LogP contribution in [0.25, 0.3) is 10.9 Å². The number of hydrogen-bond donors (Lipinski definition) is 18. The lowest BCUT2D eigenvalue weighted by atomic mass is 9.98. The number of carboxylic acid groups (broad SMARTS) is 1. The van der Waals surface area contributed by atoms with E-state index >= 15 is 0 Å². The number of carboxylic acids is 1. The van der Waals surface area contributed by atoms with Crippen LogP contribution in [0.2, 0.25) is 0 Å². The molecule has 0 unspecified atom stereocenters. The highest BCUT2D eigenvalue weighted by Gasteiger charge is 2.39. The number of aromatic nitrogens is 1. The number of benzene rings is 1. The van der Waals surface area contributed by atoms with Crippen molar-refractivity contribution in [2.45, 2.75) is 258 Å². The van der Waals surface area contributed by atoms with Gasteiger partial charge in [0.15, 0.2) is 0 Å². The van der Waals surface area contributed by atoms with Gasteiger partial charge in [-0.1, -0.05) is 87.4 Å². The molecule has 0 bridgehead atoms. The molecule has 0 spiro atoms. The predicted molar refractivity (Wildman–Crippen MR) is 391 cm³/mol. The van der Waals surface area contributed by atoms with E-state index in [2.05, 4.69) is 63.5 Å². The molecule has 31 heteroatoms. The van der Waals surface area contributed by atoms with E-state index in [1.165, 1.54) is 25.6 Å². The molecule has 572 valence electrons. The number of unbranched alkanes of at least 4 members (excludes halogenated alkanes) is 3. The van der Waals surface area contributed by atoms with Gasteiger partial charge in [-0.3, -0.25) is 52.7 Å². The molecule has 0 radical (unpaired) electrons. The number of carbonyl (C=O) groups is 12. The largest absolute Gasteiger partial charge is 0.480 e. The van der Waals surface area contributed by atoms with Gasteiger partial charge in [0.05, 0.1) is 12.1 Å². The molecule has 22 N–H and O–H groups in total. The van der Waals surface area contributed by atoms with E-state index in [-0.39, 0.29) is 94.5 Å². The minimum absolute atomic E-state index is 0.00502. The zero-order chi connectivity index (χ0) is 76.2. The highest BCUT2D eigenvalue weighted by Crippen LogP contribution is 2.21. The first-order valence-electron chi connectivity index (χ1n) is 35.7. The number of carbonyl (C=O) groups excluding carboxylic acids is 11. The highest BCUT2D eigenvalue weighted by molar-refractivity contribution is 7.98. The second-order valence-electron chi connectivity index (χ2n) is 28.4. The van der Waals surface area contributed by atoms with Gasteiger partial charge in [-0.2, -0.15) is 11.8 Å². The van der Waals surface area contributed by atoms with Gasteiger partial charge in [-0.15, -0.1) is 0 Å². The Morgan fingerprint density at radius 1 is 0.416 bits per heavy atom. The average molecular weight is 1440 g/mol. The van der Waals surface area contributed by atoms with Crippen molar-refractivity contribution >= 4 is 93.6 Å². The number of rotatable bonds is 50. The molecular formula is C70H122N16O14S. The monoisotopic (exact) mass is 1440 g/mol. The smallest absolute Gasteiger partial charge is 0.326 e. The summed E-state index contributed by atoms with van der Waals surface area (Å²) >= 11 is 1.37. The van der Waals surface area contributed by atoms with E-state index in [1.807, 2.05) is 52.0 Å². The van der Waals surface area contributed by atoms with Crippen LogP contribution < -0.4 is 81.4 Å². The van der Waals surface area contributed by atoms with Gasteiger partial charge in [0.25, 0.3) is 0 Å². The first kappa shape index (κ1) is 89.6. The zero-order valence-electron chi connectivity index (χ0n) is 61.7. The third-order valence-electron chi connectivity index (χ3n) is 16.8. The second-order valence-corrected chi connectivity index (χ2v) is 29.3. The topological polar surface area (TPSA) is 497 Å². The molecule has 101 heavy (non-hydrogen) atoms. The SMILES string of the molecule is CSCC[C@H](NC(=O)[C@H](Cc1c[nH]c2ccccc12)NC(=O)[C@H](CC(C)C)NC(=O)[C@H](C)N)C(=O)N[C@H](C(=O)N[C@@H](CC(C)C)C(=O)N[C@@H](CC(C)C)C(=O)N[C@@H](CCCCN)C(=O)N[C@@H](CCCCN)C(=O)N[C@H](C(=O)N[C@@H](CC(C)C)C(=O)N[C@@H](CCCCN)C(=O)O)C(C)C)[C@@H](C)O. The number of aliphatic hydroxyl groups is 1. The first-order chi connectivity index (χ1) is 47.6. The molecule has 0 aliphatic heterocycles. The second kappa shape index (κ2) is 46.9. The molecule has 0 fully saturated rings. The maximum Gasteiger partial charge on any atom is 0.326 e. The van der Waals surface area contributed by atoms with E-state index < -0.39 is 155 Å². The fourth-order valence-electron chi connectivity index (χ4n) is 11.2. The predicted octanol–water partition coefficient (Wildman–Crippen LogP) is 0.836. The molecule has 0 saturated carbocycles. The molecular weight excluding hydrogens is 1320 g/mol. The summed E-state index contributed by atoms with van der Waals surface area (Å²) in [5.74, 6) is -10.6. The van der Waals surface area contributed by atoms with Crippen molar-refractivity contribution in [1.29, 1.82) is 0 Å². The Morgan fingerprint density at radius 3 is 1.13 bits per heavy atom. The summed E-state index contributed by atoms with van der Waals surface area (Å²) in [5.41, 5.74) is 24.6. The van der Waals surface area contributed by atoms with Crippen LogP contribution in [0.1, 0.15) is 179 Å². The lowest BCUT2D eigenvalue weighted by Crippen LogP contribution is -2.62. The summed E-state index contributed by atoms with van der Waals surface area (Å²) < 4.78 is 0. The fourth-order valence-corrected chi connectivity index (χ4v) is 11.7. The van der Waals surface area contributed by atoms with Crippen molar-refractivity contribution in [2.75, 3.05) is 31.6 Å². The Bertz CT molecular complexity index is 2960. The fraction of sp³-hybridized carbons (Fsp3) is 0.714. The van der Waals surface area contributed by atoms with Crippen LogP contribution in [0, 0.1) is 29.6 Å². The molecule has 2 aromatic rings. The standard InChI is InChI=1S/C70H122N16O14S/c1-38(2)32-52(80-59(88)43(11)74)65(94)82-56(36-45-37-75-47-23-15-14-22-46(45)47)67(96)78-50(27-31-101-13)62(91)86-58(44(12)87)69(98)84-55(35-41(7)8)66(95)81-53(33-39(3)4)63(92)77-48(24-16-19-28-71)60(89)76-49(25-17-20-29-72)61(90)85-57(42(9)10)68(97)83-54(34-40(5)6)64(93)79-51(70(99)100)26-18-21-30-73/h14-15,22-23,37-44,48-58,75,87H,16-21,24-36,71-74H2,1-13H3,(H,76,89)(H,77,92)(H,78,96)(H,79,93)(H,80,88)(H,81,95)(H,82,94)(H,83,97)(H,84,98)(H,85,90)(H,86,91)(H,99,100)/t43-,44+,48-,49-,50-,51-,52-,53-,54-,55-,56-,57-,58-/m0/s1. The van der Waals surface area contributed by atoms with Crippen LogP contribution >= 0.6 is 11.8 Å². The third-order valence-corrected chi connectivity index (χ3v) is 17.4. The minimum Gasteiger partial charge on any atom is -0.480 e. The number of H-pyrrole nitrogens is 1. The van der Waals surface area contributed by atoms with Crippen LogP contribution in [0.3, 0.4) is 0 Å². The quantitative estimate of drug-likeness (QED) is 0.0408. The van der Waals surface area contributed by atoms with Crippen molar-refractivity contribution in [3.8, 4) is 0 Å². The molecule has 1 heterocycles. The lowest BCUT2D eigenvalue weighted by molar-refractivity contribution is -0.142. The van der Waals surface area contributed by atoms with E-state index in [9.17, 15) is 67.7 Å². The van der Waals surface area contributed by atoms with Crippen LogP contribution in [-0.2, 0) is 64.0 Å². The van der Waals surface area contributed by atoms with E-state index in [1.54, 1.807) is 54.0 Å². The van der Waals surface area contributed by atoms with Crippen molar-refractivity contribution in [3.63, 3.8) is 0 Å². The number of fused-ring (bicyclic) bond motifs is 1. The molecule has 1 aromatic heterocycles. The van der Waals surface area contributed by atoms with E-state index in [4.69, 9.17) is 22.9 Å². The lowest BCUT2D eigenvalue weighted by Gasteiger charge is -2.30. The molecule has 0 aliphatic carbocycles. The van der Waals surface area contributed by atoms with Crippen molar-refractivity contribution < 1.29 is 67.7 Å². The Morgan fingerprint density at radius 2 is 0.743 bits per heavy atom. The maximum atomic E-state index is 14.6. The number of aliphatic hydroxyl groups excluding tert-OH is 1. The highest BCUT2D eigenvalue weighted by atomic mass is 32.2. The number of thioether (sulfide) groups is 1. The van der Waals surface area contributed by atoms with Crippen molar-refractivity contribution in [2.24, 2.45) is 52.5 Å². The maximum absolute atomic E-state index is 14.6. The van der Waals surface area contributed by atoms with E-state index in [0.717, 1.165) is 10.9 Å². The van der Waals surface area contributed by atoms with Gasteiger partial charge >= 0.3 is 5.97 Å². The number of amides is 11. The summed E-state index contributed by atoms with van der Waals surface area (Å²) in [5, 5.41) is 51.7. The summed E-state index contributed by atoms with van der Waals surface area (Å²) in [4.78, 5) is 172. The van der Waals surface area contributed by atoms with Gasteiger partial charge < -0.3 is 96.6 Å². The number of nitrogens with two attached hydrogens (primary N) is 4. The summed E-state index contributed by atoms with van der Waals surface area (Å²) in [6.45, 7) is 21.5. The number of para-hydroxylation sites is 1. The third kappa shape index (κ3) is 33.0. The van der Waals surface area contributed by atoms with Gasteiger partial charge in [0.1, 0.15) is 66.5 Å². The summed E-state index contributed by atoms with van der Waals surface area (Å²) in [6, 6.07) is -7.94. The van der Waals surface area contributed by atoms with E-state index in [0.29, 0.717) is 56.4 Å². The number of hydrogen-bond acceptors (Lipinski definition) is 18. The van der Waals surface area contributed by atoms with Crippen LogP contribution in [-0.4, -0.2) is 196 Å². The number of nitrogens with one attached hydrogen (secondary N) is 12. The molecule has 0 aliphatic rings. The minimum atomic E-state index is -1.71. The molecule has 2 rings (SSSR count). The van der Waals surface area contributed by atoms with Crippen LogP contribution in [0.5, 0.6) is 0 Å². The Labute approximate surface area is 600 Å². The zero-order valence-corrected chi connectivity index (χ0v) is 62.5. The number of aliphatic carboxylic acids is 1. The number of aromatic amines is 1. The van der Waals surface area contributed by atoms with Crippen molar-refractivity contribution in [3.05, 3.63) is 36.0 Å². The normalized spacial score (nSPS) is 15.5. The molecule has 11 amide bonds. The van der Waals surface area contributed by atoms with Crippen molar-refractivity contribution in [1.82, 2.24) is 63.5 Å². The van der Waals surface area contributed by atoms with Crippen LogP contribution in [0.4, 0.5) is 0 Å².